The number of rotatable bonds is 10. The number of nitrogens with zero attached hydrogens (tertiary/aromatic N) is 1. The first-order chi connectivity index (χ1) is 16.7. The third-order valence-corrected chi connectivity index (χ3v) is 7.60. The fraction of sp³-hybridized carbons (Fsp3) is 0.269. The van der Waals surface area contributed by atoms with E-state index in [4.69, 9.17) is 21.1 Å². The highest BCUT2D eigenvalue weighted by Gasteiger charge is 2.30. The number of methoxy groups -OCH3 is 2. The van der Waals surface area contributed by atoms with Crippen molar-refractivity contribution < 1.29 is 22.7 Å². The summed E-state index contributed by atoms with van der Waals surface area (Å²) in [5, 5.41) is 3.28. The van der Waals surface area contributed by atoms with Crippen LogP contribution in [0.15, 0.2) is 71.6 Å². The van der Waals surface area contributed by atoms with Crippen molar-refractivity contribution in [1.29, 1.82) is 0 Å². The van der Waals surface area contributed by atoms with Crippen LogP contribution in [-0.4, -0.2) is 35.1 Å². The molecule has 0 aliphatic heterocycles. The maximum Gasteiger partial charge on any atom is 0.264 e. The van der Waals surface area contributed by atoms with E-state index in [1.54, 1.807) is 37.4 Å². The smallest absolute Gasteiger partial charge is 0.264 e. The van der Waals surface area contributed by atoms with E-state index in [9.17, 15) is 13.2 Å². The minimum atomic E-state index is -4.10. The Balaban J connectivity index is 1.96. The second-order valence-corrected chi connectivity index (χ2v) is 10.2. The summed E-state index contributed by atoms with van der Waals surface area (Å²) in [6.07, 6.45) is 0.615. The van der Waals surface area contributed by atoms with E-state index in [1.165, 1.54) is 25.3 Å². The highest BCUT2D eigenvalue weighted by molar-refractivity contribution is 7.92. The number of aryl methyl sites for hydroxylation is 1. The van der Waals surface area contributed by atoms with Gasteiger partial charge in [0.1, 0.15) is 18.0 Å². The van der Waals surface area contributed by atoms with Crippen LogP contribution in [0.5, 0.6) is 11.5 Å². The van der Waals surface area contributed by atoms with Crippen LogP contribution in [0.3, 0.4) is 0 Å². The molecule has 0 heterocycles. The Labute approximate surface area is 211 Å². The molecule has 7 nitrogen and oxygen atoms in total. The third kappa shape index (κ3) is 6.07. The van der Waals surface area contributed by atoms with Crippen LogP contribution in [0.4, 0.5) is 5.69 Å². The topological polar surface area (TPSA) is 84.9 Å². The predicted octanol–water partition coefficient (Wildman–Crippen LogP) is 5.13. The minimum Gasteiger partial charge on any atom is -0.496 e. The molecule has 1 amide bonds. The monoisotopic (exact) mass is 516 g/mol. The van der Waals surface area contributed by atoms with Gasteiger partial charge in [0, 0.05) is 5.02 Å². The molecule has 0 bridgehead atoms. The molecule has 3 rings (SSSR count). The number of benzene rings is 3. The number of amides is 1. The number of anilines is 1. The van der Waals surface area contributed by atoms with Crippen molar-refractivity contribution in [3.8, 4) is 11.5 Å². The van der Waals surface area contributed by atoms with Crippen molar-refractivity contribution in [3.63, 3.8) is 0 Å². The number of carbonyl (C=O) groups is 1. The fourth-order valence-corrected chi connectivity index (χ4v) is 5.40. The molecule has 186 valence electrons. The molecular formula is C26H29ClN2O5S. The van der Waals surface area contributed by atoms with Crippen LogP contribution in [0.25, 0.3) is 0 Å². The Kier molecular flexibility index (Phi) is 8.64. The van der Waals surface area contributed by atoms with Gasteiger partial charge in [0.2, 0.25) is 5.91 Å². The number of hydrogen-bond donors (Lipinski definition) is 1. The van der Waals surface area contributed by atoms with Crippen LogP contribution in [0.2, 0.25) is 5.02 Å². The summed E-state index contributed by atoms with van der Waals surface area (Å²) in [4.78, 5) is 13.3. The minimum absolute atomic E-state index is 0.0487. The molecular weight excluding hydrogens is 488 g/mol. The van der Waals surface area contributed by atoms with E-state index in [0.29, 0.717) is 11.4 Å². The Morgan fingerprint density at radius 3 is 2.26 bits per heavy atom. The molecule has 3 aromatic rings. The van der Waals surface area contributed by atoms with Gasteiger partial charge >= 0.3 is 0 Å². The highest BCUT2D eigenvalue weighted by atomic mass is 35.5. The van der Waals surface area contributed by atoms with Crippen molar-refractivity contribution in [2.75, 3.05) is 25.1 Å². The molecule has 0 aliphatic carbocycles. The molecule has 0 aliphatic rings. The van der Waals surface area contributed by atoms with Crippen LogP contribution in [-0.2, 0) is 14.8 Å². The van der Waals surface area contributed by atoms with Gasteiger partial charge in [0.05, 0.1) is 30.8 Å². The molecule has 1 N–H and O–H groups in total. The molecule has 0 radical (unpaired) electrons. The molecule has 0 spiro atoms. The van der Waals surface area contributed by atoms with Crippen molar-refractivity contribution in [2.24, 2.45) is 0 Å². The van der Waals surface area contributed by atoms with Crippen LogP contribution < -0.4 is 19.1 Å². The standard InChI is InChI=1S/C26H29ClN2O5S/c1-5-22(19-11-13-24(33-3)18(2)15-19)28-26(30)17-29(23-16-20(27)12-14-25(23)34-4)35(31,32)21-9-7-6-8-10-21/h6-16,22H,5,17H2,1-4H3,(H,28,30)/t22-/m0/s1. The Hall–Kier alpha value is -3.23. The van der Waals surface area contributed by atoms with Gasteiger partial charge in [-0.25, -0.2) is 8.42 Å². The first-order valence-electron chi connectivity index (χ1n) is 11.1. The lowest BCUT2D eigenvalue weighted by molar-refractivity contribution is -0.120. The molecule has 35 heavy (non-hydrogen) atoms. The van der Waals surface area contributed by atoms with Gasteiger partial charge in [-0.1, -0.05) is 48.9 Å². The summed E-state index contributed by atoms with van der Waals surface area (Å²) in [6.45, 7) is 3.42. The lowest BCUT2D eigenvalue weighted by atomic mass is 10.0. The summed E-state index contributed by atoms with van der Waals surface area (Å²) in [5.74, 6) is 0.564. The van der Waals surface area contributed by atoms with E-state index in [1.807, 2.05) is 32.0 Å². The van der Waals surface area contributed by atoms with Crippen molar-refractivity contribution >= 4 is 33.2 Å². The Morgan fingerprint density at radius 2 is 1.66 bits per heavy atom. The molecule has 0 fully saturated rings. The van der Waals surface area contributed by atoms with Gasteiger partial charge in [-0.15, -0.1) is 0 Å². The van der Waals surface area contributed by atoms with Gasteiger partial charge in [0.25, 0.3) is 10.0 Å². The summed E-state index contributed by atoms with van der Waals surface area (Å²) in [5.41, 5.74) is 2.01. The average Bonchev–Trinajstić information content (AvgIpc) is 2.86. The number of nitrogens with one attached hydrogen (secondary N) is 1. The quantitative estimate of drug-likeness (QED) is 0.404. The van der Waals surface area contributed by atoms with Gasteiger partial charge in [0.15, 0.2) is 0 Å². The maximum atomic E-state index is 13.6. The molecule has 0 unspecified atom stereocenters. The van der Waals surface area contributed by atoms with Gasteiger partial charge in [-0.05, 0) is 60.9 Å². The Bertz CT molecular complexity index is 1280. The van der Waals surface area contributed by atoms with Crippen LogP contribution in [0, 0.1) is 6.92 Å². The van der Waals surface area contributed by atoms with E-state index in [0.717, 1.165) is 21.2 Å². The Morgan fingerprint density at radius 1 is 1.00 bits per heavy atom. The molecule has 0 saturated heterocycles. The van der Waals surface area contributed by atoms with Crippen molar-refractivity contribution in [3.05, 3.63) is 82.9 Å². The number of hydrogen-bond acceptors (Lipinski definition) is 5. The number of halogens is 1. The zero-order chi connectivity index (χ0) is 25.6. The van der Waals surface area contributed by atoms with E-state index < -0.39 is 22.5 Å². The van der Waals surface area contributed by atoms with Gasteiger partial charge < -0.3 is 14.8 Å². The number of ether oxygens (including phenoxy) is 2. The summed E-state index contributed by atoms with van der Waals surface area (Å²) < 4.78 is 39.0. The SMILES string of the molecule is CC[C@H](NC(=O)CN(c1cc(Cl)ccc1OC)S(=O)(=O)c1ccccc1)c1ccc(OC)c(C)c1. The third-order valence-electron chi connectivity index (χ3n) is 5.59. The zero-order valence-corrected chi connectivity index (χ0v) is 21.7. The first-order valence-corrected chi connectivity index (χ1v) is 12.9. The lowest BCUT2D eigenvalue weighted by Gasteiger charge is -2.27. The second kappa shape index (κ2) is 11.5. The normalized spacial score (nSPS) is 12.0. The lowest BCUT2D eigenvalue weighted by Crippen LogP contribution is -2.42. The molecule has 9 heteroatoms. The number of sulfonamides is 1. The summed E-state index contributed by atoms with van der Waals surface area (Å²) in [7, 11) is -1.07. The molecule has 0 saturated carbocycles. The van der Waals surface area contributed by atoms with Gasteiger partial charge in [-0.3, -0.25) is 9.10 Å². The second-order valence-electron chi connectivity index (χ2n) is 7.90. The molecule has 0 aromatic heterocycles. The largest absolute Gasteiger partial charge is 0.496 e. The zero-order valence-electron chi connectivity index (χ0n) is 20.1. The van der Waals surface area contributed by atoms with E-state index in [-0.39, 0.29) is 22.4 Å². The predicted molar refractivity (Wildman–Crippen MR) is 138 cm³/mol. The van der Waals surface area contributed by atoms with Crippen LogP contribution in [0.1, 0.15) is 30.5 Å². The van der Waals surface area contributed by atoms with Crippen molar-refractivity contribution in [2.45, 2.75) is 31.2 Å². The van der Waals surface area contributed by atoms with Crippen molar-refractivity contribution in [1.82, 2.24) is 5.32 Å². The molecule has 1 atom stereocenters. The first kappa shape index (κ1) is 26.4. The van der Waals surface area contributed by atoms with E-state index >= 15 is 0 Å². The molecule has 3 aromatic carbocycles. The van der Waals surface area contributed by atoms with Crippen LogP contribution >= 0.6 is 11.6 Å². The maximum absolute atomic E-state index is 13.6. The van der Waals surface area contributed by atoms with Gasteiger partial charge in [-0.2, -0.15) is 0 Å². The van der Waals surface area contributed by atoms with E-state index in [2.05, 4.69) is 5.32 Å². The summed E-state index contributed by atoms with van der Waals surface area (Å²) >= 11 is 6.19. The highest BCUT2D eigenvalue weighted by Crippen LogP contribution is 2.35. The fourth-order valence-electron chi connectivity index (χ4n) is 3.79. The number of carbonyl (C=O) groups excluding carboxylic acids is 1. The average molecular weight is 517 g/mol. The summed E-state index contributed by atoms with van der Waals surface area (Å²) in [6, 6.07) is 17.9.